The first-order chi connectivity index (χ1) is 13.8. The molecule has 0 aliphatic carbocycles. The van der Waals surface area contributed by atoms with Gasteiger partial charge in [-0.05, 0) is 50.6 Å². The Morgan fingerprint density at radius 2 is 1.86 bits per heavy atom. The van der Waals surface area contributed by atoms with Gasteiger partial charge in [0.05, 0.1) is 0 Å². The molecule has 0 aromatic heterocycles. The fourth-order valence-electron chi connectivity index (χ4n) is 2.54. The summed E-state index contributed by atoms with van der Waals surface area (Å²) in [5.41, 5.74) is 0.817. The topological polar surface area (TPSA) is 95.1 Å². The van der Waals surface area contributed by atoms with Gasteiger partial charge in [0.15, 0.2) is 18.1 Å². The molecule has 0 spiro atoms. The highest BCUT2D eigenvalue weighted by molar-refractivity contribution is 5.85. The predicted octanol–water partition coefficient (Wildman–Crippen LogP) is 3.46. The van der Waals surface area contributed by atoms with E-state index in [0.29, 0.717) is 29.5 Å². The summed E-state index contributed by atoms with van der Waals surface area (Å²) in [6.45, 7) is 5.76. The number of amides is 2. The molecule has 0 unspecified atom stereocenters. The lowest BCUT2D eigenvalue weighted by Gasteiger charge is -2.19. The van der Waals surface area contributed by atoms with Gasteiger partial charge in [-0.25, -0.2) is 4.79 Å². The Hall–Kier alpha value is -3.42. The van der Waals surface area contributed by atoms with E-state index in [1.807, 2.05) is 18.2 Å². The van der Waals surface area contributed by atoms with Crippen LogP contribution in [0.1, 0.15) is 26.3 Å². The number of hydrogen-bond donors (Lipinski definition) is 2. The van der Waals surface area contributed by atoms with Crippen LogP contribution in [0.5, 0.6) is 17.2 Å². The molecule has 3 rings (SSSR count). The van der Waals surface area contributed by atoms with Gasteiger partial charge in [0, 0.05) is 18.3 Å². The van der Waals surface area contributed by atoms with Crippen molar-refractivity contribution < 1.29 is 28.5 Å². The number of anilines is 1. The van der Waals surface area contributed by atoms with Crippen molar-refractivity contribution in [2.45, 2.75) is 32.9 Å². The highest BCUT2D eigenvalue weighted by Crippen LogP contribution is 2.32. The Morgan fingerprint density at radius 3 is 2.66 bits per heavy atom. The standard InChI is InChI=1S/C21H24N2O6/c1-21(2,3)29-20(25)23-15-5-4-6-16(10-15)26-12-19(24)22-11-14-7-8-17-18(9-14)28-13-27-17/h4-10H,11-13H2,1-3H3,(H,22,24)(H,23,25). The van der Waals surface area contributed by atoms with E-state index in [0.717, 1.165) is 5.56 Å². The van der Waals surface area contributed by atoms with Crippen LogP contribution in [0.15, 0.2) is 42.5 Å². The summed E-state index contributed by atoms with van der Waals surface area (Å²) in [5.74, 6) is 1.55. The van der Waals surface area contributed by atoms with Gasteiger partial charge < -0.3 is 24.3 Å². The largest absolute Gasteiger partial charge is 0.484 e. The van der Waals surface area contributed by atoms with Crippen LogP contribution in [-0.2, 0) is 16.1 Å². The van der Waals surface area contributed by atoms with Gasteiger partial charge in [-0.15, -0.1) is 0 Å². The lowest BCUT2D eigenvalue weighted by atomic mass is 10.2. The van der Waals surface area contributed by atoms with E-state index in [9.17, 15) is 9.59 Å². The quantitative estimate of drug-likeness (QED) is 0.771. The molecule has 2 amide bonds. The number of fused-ring (bicyclic) bond motifs is 1. The summed E-state index contributed by atoms with van der Waals surface area (Å²) in [5, 5.41) is 5.41. The van der Waals surface area contributed by atoms with E-state index in [1.54, 1.807) is 45.0 Å². The van der Waals surface area contributed by atoms with Crippen molar-refractivity contribution in [3.8, 4) is 17.2 Å². The van der Waals surface area contributed by atoms with E-state index in [-0.39, 0.29) is 19.3 Å². The zero-order valence-electron chi connectivity index (χ0n) is 16.6. The zero-order valence-corrected chi connectivity index (χ0v) is 16.6. The summed E-state index contributed by atoms with van der Waals surface area (Å²) in [6.07, 6.45) is -0.559. The van der Waals surface area contributed by atoms with E-state index < -0.39 is 11.7 Å². The number of ether oxygens (including phenoxy) is 4. The van der Waals surface area contributed by atoms with Crippen molar-refractivity contribution in [1.29, 1.82) is 0 Å². The molecular formula is C21H24N2O6. The average Bonchev–Trinajstić information content (AvgIpc) is 3.11. The van der Waals surface area contributed by atoms with Crippen LogP contribution in [-0.4, -0.2) is 31.0 Å². The third kappa shape index (κ3) is 6.31. The lowest BCUT2D eigenvalue weighted by Crippen LogP contribution is -2.28. The molecule has 8 nitrogen and oxygen atoms in total. The molecule has 0 saturated carbocycles. The van der Waals surface area contributed by atoms with Crippen LogP contribution in [0.25, 0.3) is 0 Å². The minimum absolute atomic E-state index is 0.152. The summed E-state index contributed by atoms with van der Waals surface area (Å²) in [6, 6.07) is 12.2. The molecule has 1 heterocycles. The highest BCUT2D eigenvalue weighted by Gasteiger charge is 2.16. The van der Waals surface area contributed by atoms with E-state index in [4.69, 9.17) is 18.9 Å². The highest BCUT2D eigenvalue weighted by atomic mass is 16.7. The second-order valence-electron chi connectivity index (χ2n) is 7.41. The molecular weight excluding hydrogens is 376 g/mol. The second kappa shape index (κ2) is 8.72. The number of benzene rings is 2. The van der Waals surface area contributed by atoms with Gasteiger partial charge in [0.1, 0.15) is 11.4 Å². The van der Waals surface area contributed by atoms with E-state index >= 15 is 0 Å². The minimum atomic E-state index is -0.589. The maximum Gasteiger partial charge on any atom is 0.412 e. The molecule has 29 heavy (non-hydrogen) atoms. The van der Waals surface area contributed by atoms with Crippen molar-refractivity contribution in [1.82, 2.24) is 5.32 Å². The Bertz CT molecular complexity index is 891. The summed E-state index contributed by atoms with van der Waals surface area (Å²) in [4.78, 5) is 23.9. The number of hydrogen-bond acceptors (Lipinski definition) is 6. The molecule has 0 atom stereocenters. The number of nitrogens with one attached hydrogen (secondary N) is 2. The van der Waals surface area contributed by atoms with Crippen LogP contribution in [0.2, 0.25) is 0 Å². The minimum Gasteiger partial charge on any atom is -0.484 e. The average molecular weight is 400 g/mol. The van der Waals surface area contributed by atoms with Gasteiger partial charge >= 0.3 is 6.09 Å². The lowest BCUT2D eigenvalue weighted by molar-refractivity contribution is -0.123. The monoisotopic (exact) mass is 400 g/mol. The van der Waals surface area contributed by atoms with Gasteiger partial charge in [0.25, 0.3) is 5.91 Å². The molecule has 1 aliphatic rings. The first-order valence-corrected chi connectivity index (χ1v) is 9.16. The molecule has 1 aliphatic heterocycles. The van der Waals surface area contributed by atoms with Crippen molar-refractivity contribution in [3.63, 3.8) is 0 Å². The van der Waals surface area contributed by atoms with Crippen molar-refractivity contribution >= 4 is 17.7 Å². The number of carbonyl (C=O) groups is 2. The molecule has 0 radical (unpaired) electrons. The molecule has 0 fully saturated rings. The smallest absolute Gasteiger partial charge is 0.412 e. The van der Waals surface area contributed by atoms with Crippen LogP contribution in [0.4, 0.5) is 10.5 Å². The number of carbonyl (C=O) groups excluding carboxylic acids is 2. The second-order valence-corrected chi connectivity index (χ2v) is 7.41. The van der Waals surface area contributed by atoms with E-state index in [1.165, 1.54) is 0 Å². The van der Waals surface area contributed by atoms with Crippen LogP contribution in [0.3, 0.4) is 0 Å². The molecule has 154 valence electrons. The summed E-state index contributed by atoms with van der Waals surface area (Å²) in [7, 11) is 0. The van der Waals surface area contributed by atoms with Gasteiger partial charge in [-0.1, -0.05) is 12.1 Å². The summed E-state index contributed by atoms with van der Waals surface area (Å²) >= 11 is 0. The van der Waals surface area contributed by atoms with Crippen molar-refractivity contribution in [2.75, 3.05) is 18.7 Å². The van der Waals surface area contributed by atoms with Crippen LogP contribution in [0, 0.1) is 0 Å². The predicted molar refractivity (Wildman–Crippen MR) is 106 cm³/mol. The third-order valence-electron chi connectivity index (χ3n) is 3.78. The fourth-order valence-corrected chi connectivity index (χ4v) is 2.54. The Morgan fingerprint density at radius 1 is 1.07 bits per heavy atom. The zero-order chi connectivity index (χ0) is 20.9. The molecule has 2 aromatic carbocycles. The van der Waals surface area contributed by atoms with Gasteiger partial charge in [-0.3, -0.25) is 10.1 Å². The summed E-state index contributed by atoms with van der Waals surface area (Å²) < 4.78 is 21.3. The maximum atomic E-state index is 12.1. The first kappa shape index (κ1) is 20.3. The van der Waals surface area contributed by atoms with Gasteiger partial charge in [0.2, 0.25) is 6.79 Å². The SMILES string of the molecule is CC(C)(C)OC(=O)Nc1cccc(OCC(=O)NCc2ccc3c(c2)OCO3)c1. The van der Waals surface area contributed by atoms with Crippen LogP contribution < -0.4 is 24.8 Å². The Kier molecular flexibility index (Phi) is 6.11. The Balaban J connectivity index is 1.45. The van der Waals surface area contributed by atoms with Crippen molar-refractivity contribution in [2.24, 2.45) is 0 Å². The molecule has 2 aromatic rings. The molecule has 2 N–H and O–H groups in total. The maximum absolute atomic E-state index is 12.1. The van der Waals surface area contributed by atoms with Crippen molar-refractivity contribution in [3.05, 3.63) is 48.0 Å². The van der Waals surface area contributed by atoms with Gasteiger partial charge in [-0.2, -0.15) is 0 Å². The third-order valence-corrected chi connectivity index (χ3v) is 3.78. The number of rotatable bonds is 6. The first-order valence-electron chi connectivity index (χ1n) is 9.16. The molecule has 0 saturated heterocycles. The molecule has 8 heteroatoms. The van der Waals surface area contributed by atoms with Crippen LogP contribution >= 0.6 is 0 Å². The Labute approximate surface area is 169 Å². The van der Waals surface area contributed by atoms with E-state index in [2.05, 4.69) is 10.6 Å². The normalized spacial score (nSPS) is 12.2. The molecule has 0 bridgehead atoms. The fraction of sp³-hybridized carbons (Fsp3) is 0.333.